The van der Waals surface area contributed by atoms with Gasteiger partial charge in [-0.3, -0.25) is 0 Å². The van der Waals surface area contributed by atoms with Crippen LogP contribution in [0.25, 0.3) is 0 Å². The smallest absolute Gasteiger partial charge is 0.0120 e. The Morgan fingerprint density at radius 3 is 2.64 bits per heavy atom. The summed E-state index contributed by atoms with van der Waals surface area (Å²) in [6.45, 7) is 5.08. The molecule has 0 saturated heterocycles. The predicted octanol–water partition coefficient (Wildman–Crippen LogP) is 2.80. The molecule has 3 unspecified atom stereocenters. The molecule has 0 radical (unpaired) electrons. The van der Waals surface area contributed by atoms with Gasteiger partial charge in [0, 0.05) is 6.42 Å². The molecule has 0 bridgehead atoms. The summed E-state index contributed by atoms with van der Waals surface area (Å²) in [5.74, 6) is 8.66. The quantitative estimate of drug-likeness (QED) is 0.685. The minimum Gasteiger partial charge on any atom is -0.330 e. The molecular weight excluding hydrogens is 170 g/mol. The lowest BCUT2D eigenvalue weighted by Gasteiger charge is -2.34. The molecule has 3 atom stereocenters. The number of nitrogens with two attached hydrogens (primary N) is 1. The summed E-state index contributed by atoms with van der Waals surface area (Å²) in [7, 11) is 0. The first-order chi connectivity index (χ1) is 6.81. The number of rotatable bonds is 3. The zero-order valence-electron chi connectivity index (χ0n) is 9.55. The van der Waals surface area contributed by atoms with Gasteiger partial charge < -0.3 is 5.73 Å². The van der Waals surface area contributed by atoms with Crippen LogP contribution in [0.4, 0.5) is 0 Å². The van der Waals surface area contributed by atoms with Crippen LogP contribution in [0.3, 0.4) is 0 Å². The molecular formula is C13H23N. The minimum absolute atomic E-state index is 0.735. The highest BCUT2D eigenvalue weighted by atomic mass is 14.6. The van der Waals surface area contributed by atoms with Crippen molar-refractivity contribution >= 4 is 0 Å². The number of hydrogen-bond donors (Lipinski definition) is 1. The van der Waals surface area contributed by atoms with Gasteiger partial charge in [-0.15, -0.1) is 11.8 Å². The average molecular weight is 193 g/mol. The van der Waals surface area contributed by atoms with Crippen LogP contribution < -0.4 is 5.73 Å². The van der Waals surface area contributed by atoms with Crippen molar-refractivity contribution in [1.82, 2.24) is 0 Å². The van der Waals surface area contributed by atoms with Gasteiger partial charge in [-0.2, -0.15) is 0 Å². The molecule has 1 aliphatic carbocycles. The van der Waals surface area contributed by atoms with Gasteiger partial charge in [0.1, 0.15) is 0 Å². The van der Waals surface area contributed by atoms with Crippen LogP contribution in [0.5, 0.6) is 0 Å². The van der Waals surface area contributed by atoms with Crippen molar-refractivity contribution < 1.29 is 0 Å². The third-order valence-electron chi connectivity index (χ3n) is 3.67. The fourth-order valence-corrected chi connectivity index (χ4v) is 2.59. The molecule has 1 fully saturated rings. The first-order valence-corrected chi connectivity index (χ1v) is 5.91. The Kier molecular flexibility index (Phi) is 5.04. The Morgan fingerprint density at radius 1 is 1.29 bits per heavy atom. The number of hydrogen-bond acceptors (Lipinski definition) is 1. The van der Waals surface area contributed by atoms with Gasteiger partial charge in [0.15, 0.2) is 0 Å². The lowest BCUT2D eigenvalue weighted by atomic mass is 9.72. The SMILES string of the molecule is CC#CCC1CC(CC)CCC1CN. The van der Waals surface area contributed by atoms with Gasteiger partial charge in [-0.1, -0.05) is 19.8 Å². The zero-order chi connectivity index (χ0) is 10.4. The summed E-state index contributed by atoms with van der Waals surface area (Å²) < 4.78 is 0. The molecule has 80 valence electrons. The van der Waals surface area contributed by atoms with Crippen molar-refractivity contribution in [2.45, 2.75) is 46.0 Å². The Hall–Kier alpha value is -0.480. The maximum Gasteiger partial charge on any atom is 0.0120 e. The molecule has 1 nitrogen and oxygen atoms in total. The van der Waals surface area contributed by atoms with E-state index in [-0.39, 0.29) is 0 Å². The molecule has 0 aliphatic heterocycles. The summed E-state index contributed by atoms with van der Waals surface area (Å²) in [5.41, 5.74) is 5.80. The average Bonchev–Trinajstić information content (AvgIpc) is 2.25. The van der Waals surface area contributed by atoms with E-state index in [1.807, 2.05) is 6.92 Å². The monoisotopic (exact) mass is 193 g/mol. The summed E-state index contributed by atoms with van der Waals surface area (Å²) >= 11 is 0. The van der Waals surface area contributed by atoms with E-state index < -0.39 is 0 Å². The molecule has 14 heavy (non-hydrogen) atoms. The first-order valence-electron chi connectivity index (χ1n) is 5.91. The van der Waals surface area contributed by atoms with E-state index in [1.165, 1.54) is 25.7 Å². The predicted molar refractivity (Wildman–Crippen MR) is 61.7 cm³/mol. The fraction of sp³-hybridized carbons (Fsp3) is 0.846. The largest absolute Gasteiger partial charge is 0.330 e. The molecule has 0 aromatic carbocycles. The van der Waals surface area contributed by atoms with Gasteiger partial charge in [0.25, 0.3) is 0 Å². The van der Waals surface area contributed by atoms with Crippen LogP contribution in [0, 0.1) is 29.6 Å². The third kappa shape index (κ3) is 3.03. The van der Waals surface area contributed by atoms with Crippen molar-refractivity contribution in [1.29, 1.82) is 0 Å². The highest BCUT2D eigenvalue weighted by molar-refractivity contribution is 4.98. The Labute approximate surface area is 88.5 Å². The lowest BCUT2D eigenvalue weighted by Crippen LogP contribution is -2.30. The molecule has 1 heteroatoms. The van der Waals surface area contributed by atoms with E-state index in [4.69, 9.17) is 5.73 Å². The van der Waals surface area contributed by atoms with Crippen molar-refractivity contribution in [2.24, 2.45) is 23.5 Å². The fourth-order valence-electron chi connectivity index (χ4n) is 2.59. The zero-order valence-corrected chi connectivity index (χ0v) is 9.55. The summed E-state index contributed by atoms with van der Waals surface area (Å²) in [6, 6.07) is 0. The Morgan fingerprint density at radius 2 is 2.07 bits per heavy atom. The second-order valence-electron chi connectivity index (χ2n) is 4.47. The van der Waals surface area contributed by atoms with Crippen LogP contribution in [0.2, 0.25) is 0 Å². The highest BCUT2D eigenvalue weighted by Crippen LogP contribution is 2.36. The van der Waals surface area contributed by atoms with Crippen LogP contribution in [-0.2, 0) is 0 Å². The van der Waals surface area contributed by atoms with Gasteiger partial charge in [0.05, 0.1) is 0 Å². The second-order valence-corrected chi connectivity index (χ2v) is 4.47. The Balaban J connectivity index is 2.49. The van der Waals surface area contributed by atoms with Gasteiger partial charge >= 0.3 is 0 Å². The minimum atomic E-state index is 0.735. The summed E-state index contributed by atoms with van der Waals surface area (Å²) in [6.07, 6.45) is 6.45. The van der Waals surface area contributed by atoms with Crippen LogP contribution in [0.1, 0.15) is 46.0 Å². The maximum absolute atomic E-state index is 5.80. The molecule has 1 rings (SSSR count). The molecule has 1 aliphatic rings. The molecule has 0 aromatic heterocycles. The summed E-state index contributed by atoms with van der Waals surface area (Å²) in [4.78, 5) is 0. The van der Waals surface area contributed by atoms with E-state index >= 15 is 0 Å². The van der Waals surface area contributed by atoms with E-state index in [0.717, 1.165) is 30.7 Å². The molecule has 0 heterocycles. The van der Waals surface area contributed by atoms with Crippen LogP contribution in [-0.4, -0.2) is 6.54 Å². The van der Waals surface area contributed by atoms with E-state index in [0.29, 0.717) is 0 Å². The van der Waals surface area contributed by atoms with Gasteiger partial charge in [0.2, 0.25) is 0 Å². The van der Waals surface area contributed by atoms with Crippen LogP contribution >= 0.6 is 0 Å². The maximum atomic E-state index is 5.80. The topological polar surface area (TPSA) is 26.0 Å². The van der Waals surface area contributed by atoms with E-state index in [1.54, 1.807) is 0 Å². The highest BCUT2D eigenvalue weighted by Gasteiger charge is 2.27. The normalized spacial score (nSPS) is 32.1. The Bertz CT molecular complexity index is 211. The molecule has 2 N–H and O–H groups in total. The van der Waals surface area contributed by atoms with Gasteiger partial charge in [-0.25, -0.2) is 0 Å². The third-order valence-corrected chi connectivity index (χ3v) is 3.67. The molecule has 1 saturated carbocycles. The van der Waals surface area contributed by atoms with Crippen molar-refractivity contribution in [3.8, 4) is 11.8 Å². The van der Waals surface area contributed by atoms with Crippen molar-refractivity contribution in [3.63, 3.8) is 0 Å². The molecule has 0 aromatic rings. The standard InChI is InChI=1S/C13H23N/c1-3-5-6-12-9-11(4-2)7-8-13(12)10-14/h11-13H,4,6-10,14H2,1-2H3. The molecule has 0 spiro atoms. The lowest BCUT2D eigenvalue weighted by molar-refractivity contribution is 0.184. The molecule has 0 amide bonds. The second kappa shape index (κ2) is 6.09. The van der Waals surface area contributed by atoms with E-state index in [9.17, 15) is 0 Å². The first kappa shape index (κ1) is 11.6. The van der Waals surface area contributed by atoms with E-state index in [2.05, 4.69) is 18.8 Å². The van der Waals surface area contributed by atoms with Crippen molar-refractivity contribution in [2.75, 3.05) is 6.54 Å². The van der Waals surface area contributed by atoms with Crippen LogP contribution in [0.15, 0.2) is 0 Å². The van der Waals surface area contributed by atoms with Crippen molar-refractivity contribution in [3.05, 3.63) is 0 Å². The summed E-state index contributed by atoms with van der Waals surface area (Å²) in [5, 5.41) is 0. The van der Waals surface area contributed by atoms with Gasteiger partial charge in [-0.05, 0) is 44.1 Å².